The minimum absolute atomic E-state index is 0.145. The van der Waals surface area contributed by atoms with Crippen LogP contribution in [0.3, 0.4) is 0 Å². The number of hydrogen-bond acceptors (Lipinski definition) is 3. The van der Waals surface area contributed by atoms with Crippen LogP contribution in [0.15, 0.2) is 36.4 Å². The number of hydrogen-bond donors (Lipinski definition) is 1. The Kier molecular flexibility index (Phi) is 3.79. The van der Waals surface area contributed by atoms with Gasteiger partial charge in [-0.1, -0.05) is 12.1 Å². The Bertz CT molecular complexity index is 647. The number of ether oxygens (including phenoxy) is 1. The maximum absolute atomic E-state index is 13.4. The van der Waals surface area contributed by atoms with Gasteiger partial charge in [-0.2, -0.15) is 5.26 Å². The van der Waals surface area contributed by atoms with E-state index in [4.69, 9.17) is 15.1 Å². The molecule has 2 aromatic rings. The number of aryl methyl sites for hydroxylation is 1. The summed E-state index contributed by atoms with van der Waals surface area (Å²) in [4.78, 5) is 0. The average molecular weight is 257 g/mol. The largest absolute Gasteiger partial charge is 0.456 e. The highest BCUT2D eigenvalue weighted by atomic mass is 19.1. The first kappa shape index (κ1) is 13.1. The van der Waals surface area contributed by atoms with Gasteiger partial charge in [0.05, 0.1) is 12.2 Å². The maximum Gasteiger partial charge on any atom is 0.145 e. The summed E-state index contributed by atoms with van der Waals surface area (Å²) < 4.78 is 18.9. The zero-order chi connectivity index (χ0) is 13.8. The molecule has 0 aliphatic rings. The van der Waals surface area contributed by atoms with E-state index in [-0.39, 0.29) is 12.4 Å². The van der Waals surface area contributed by atoms with Gasteiger partial charge in [-0.15, -0.1) is 0 Å². The van der Waals surface area contributed by atoms with Crippen LogP contribution in [0.4, 0.5) is 4.39 Å². The highest BCUT2D eigenvalue weighted by Gasteiger charge is 2.07. The Labute approximate surface area is 110 Å². The molecule has 0 aromatic heterocycles. The lowest BCUT2D eigenvalue weighted by Gasteiger charge is -2.09. The fraction of sp³-hybridized carbons (Fsp3) is 0.133. The summed E-state index contributed by atoms with van der Waals surface area (Å²) >= 11 is 0. The first-order valence-corrected chi connectivity index (χ1v) is 5.72. The van der Waals surface area contributed by atoms with Gasteiger partial charge in [-0.25, -0.2) is 4.39 Å². The van der Waals surface area contributed by atoms with Crippen LogP contribution in [0.5, 0.6) is 11.5 Å². The minimum atomic E-state index is -0.358. The van der Waals surface area contributed by atoms with Crippen molar-refractivity contribution in [1.29, 1.82) is 5.26 Å². The summed E-state index contributed by atoms with van der Waals surface area (Å²) in [6, 6.07) is 11.3. The van der Waals surface area contributed by atoms with Gasteiger partial charge >= 0.3 is 0 Å². The molecule has 0 spiro atoms. The van der Waals surface area contributed by atoms with Crippen LogP contribution in [-0.4, -0.2) is 5.11 Å². The fourth-order valence-corrected chi connectivity index (χ4v) is 1.62. The van der Waals surface area contributed by atoms with E-state index >= 15 is 0 Å². The Hall–Kier alpha value is -2.38. The van der Waals surface area contributed by atoms with Gasteiger partial charge < -0.3 is 9.84 Å². The van der Waals surface area contributed by atoms with Crippen LogP contribution >= 0.6 is 0 Å². The lowest BCUT2D eigenvalue weighted by atomic mass is 10.1. The van der Waals surface area contributed by atoms with Gasteiger partial charge in [-0.05, 0) is 36.2 Å². The second-order valence-electron chi connectivity index (χ2n) is 4.11. The topological polar surface area (TPSA) is 53.2 Å². The van der Waals surface area contributed by atoms with Crippen LogP contribution in [0, 0.1) is 24.1 Å². The molecule has 19 heavy (non-hydrogen) atoms. The molecule has 0 atom stereocenters. The van der Waals surface area contributed by atoms with Crippen molar-refractivity contribution in [1.82, 2.24) is 0 Å². The lowest BCUT2D eigenvalue weighted by Crippen LogP contribution is -1.92. The number of benzene rings is 2. The molecule has 0 amide bonds. The average Bonchev–Trinajstić information content (AvgIpc) is 2.43. The highest BCUT2D eigenvalue weighted by molar-refractivity contribution is 5.47. The van der Waals surface area contributed by atoms with Crippen molar-refractivity contribution in [3.63, 3.8) is 0 Å². The molecule has 0 fully saturated rings. The minimum Gasteiger partial charge on any atom is -0.456 e. The van der Waals surface area contributed by atoms with E-state index in [9.17, 15) is 4.39 Å². The van der Waals surface area contributed by atoms with Gasteiger partial charge in [-0.3, -0.25) is 0 Å². The zero-order valence-corrected chi connectivity index (χ0v) is 10.4. The Morgan fingerprint density at radius 3 is 2.68 bits per heavy atom. The molecule has 2 aromatic carbocycles. The van der Waals surface area contributed by atoms with E-state index < -0.39 is 0 Å². The Morgan fingerprint density at radius 2 is 2.05 bits per heavy atom. The van der Waals surface area contributed by atoms with Crippen LogP contribution < -0.4 is 4.74 Å². The molecular formula is C15H12FNO2. The molecule has 0 unspecified atom stereocenters. The van der Waals surface area contributed by atoms with Crippen molar-refractivity contribution in [3.8, 4) is 17.6 Å². The molecule has 0 aliphatic heterocycles. The van der Waals surface area contributed by atoms with E-state index in [1.807, 2.05) is 6.07 Å². The number of nitrogens with zero attached hydrogens (tertiary/aromatic N) is 1. The molecular weight excluding hydrogens is 245 g/mol. The molecule has 96 valence electrons. The summed E-state index contributed by atoms with van der Waals surface area (Å²) in [7, 11) is 0. The zero-order valence-electron chi connectivity index (χ0n) is 10.4. The summed E-state index contributed by atoms with van der Waals surface area (Å²) in [6.45, 7) is 1.52. The third-order valence-electron chi connectivity index (χ3n) is 2.72. The molecule has 0 bridgehead atoms. The lowest BCUT2D eigenvalue weighted by molar-refractivity contribution is 0.281. The molecule has 0 radical (unpaired) electrons. The predicted octanol–water partition coefficient (Wildman–Crippen LogP) is 3.29. The van der Waals surface area contributed by atoms with E-state index in [2.05, 4.69) is 0 Å². The number of nitriles is 1. The smallest absolute Gasteiger partial charge is 0.145 e. The second-order valence-corrected chi connectivity index (χ2v) is 4.11. The molecule has 0 saturated heterocycles. The first-order chi connectivity index (χ1) is 9.13. The van der Waals surface area contributed by atoms with Crippen molar-refractivity contribution in [2.45, 2.75) is 13.5 Å². The number of aliphatic hydroxyl groups is 1. The summed E-state index contributed by atoms with van der Waals surface area (Å²) in [5, 5.41) is 18.0. The van der Waals surface area contributed by atoms with Gasteiger partial charge in [0.15, 0.2) is 0 Å². The predicted molar refractivity (Wildman–Crippen MR) is 68.3 cm³/mol. The van der Waals surface area contributed by atoms with Gasteiger partial charge in [0.2, 0.25) is 0 Å². The van der Waals surface area contributed by atoms with Crippen molar-refractivity contribution in [3.05, 3.63) is 58.9 Å². The van der Waals surface area contributed by atoms with Crippen LogP contribution in [0.25, 0.3) is 0 Å². The molecule has 0 saturated carbocycles. The van der Waals surface area contributed by atoms with Crippen molar-refractivity contribution in [2.75, 3.05) is 0 Å². The molecule has 0 heterocycles. The third-order valence-corrected chi connectivity index (χ3v) is 2.72. The summed E-state index contributed by atoms with van der Waals surface area (Å²) in [5.41, 5.74) is 1.45. The Morgan fingerprint density at radius 1 is 1.26 bits per heavy atom. The van der Waals surface area contributed by atoms with Crippen molar-refractivity contribution in [2.24, 2.45) is 0 Å². The molecule has 3 nitrogen and oxygen atoms in total. The molecule has 4 heteroatoms. The molecule has 2 rings (SSSR count). The monoisotopic (exact) mass is 257 g/mol. The van der Waals surface area contributed by atoms with Crippen molar-refractivity contribution >= 4 is 0 Å². The number of halogens is 1. The number of rotatable bonds is 3. The highest BCUT2D eigenvalue weighted by Crippen LogP contribution is 2.27. The van der Waals surface area contributed by atoms with Crippen molar-refractivity contribution < 1.29 is 14.2 Å². The standard InChI is InChI=1S/C15H12FNO2/c1-10-2-4-13(7-14(10)16)19-15-5-3-11(9-18)6-12(15)8-17/h2-7,18H,9H2,1H3. The quantitative estimate of drug-likeness (QED) is 0.917. The summed E-state index contributed by atoms with van der Waals surface area (Å²) in [6.07, 6.45) is 0. The molecule has 0 aliphatic carbocycles. The fourth-order valence-electron chi connectivity index (χ4n) is 1.62. The third kappa shape index (κ3) is 2.90. The van der Waals surface area contributed by atoms with Gasteiger partial charge in [0.25, 0.3) is 0 Å². The van der Waals surface area contributed by atoms with Crippen LogP contribution in [0.1, 0.15) is 16.7 Å². The second kappa shape index (κ2) is 5.51. The summed E-state index contributed by atoms with van der Waals surface area (Å²) in [5.74, 6) is 0.308. The van der Waals surface area contributed by atoms with Gasteiger partial charge in [0.1, 0.15) is 23.4 Å². The van der Waals surface area contributed by atoms with Crippen LogP contribution in [0.2, 0.25) is 0 Å². The molecule has 1 N–H and O–H groups in total. The SMILES string of the molecule is Cc1ccc(Oc2ccc(CO)cc2C#N)cc1F. The van der Waals surface area contributed by atoms with E-state index in [0.29, 0.717) is 28.2 Å². The maximum atomic E-state index is 13.4. The Balaban J connectivity index is 2.33. The van der Waals surface area contributed by atoms with Crippen LogP contribution in [-0.2, 0) is 6.61 Å². The number of aliphatic hydroxyl groups excluding tert-OH is 1. The van der Waals surface area contributed by atoms with Gasteiger partial charge in [0, 0.05) is 6.07 Å². The normalized spacial score (nSPS) is 10.0. The van der Waals surface area contributed by atoms with E-state index in [1.54, 1.807) is 37.3 Å². The van der Waals surface area contributed by atoms with E-state index in [1.165, 1.54) is 6.07 Å². The first-order valence-electron chi connectivity index (χ1n) is 5.72. The van der Waals surface area contributed by atoms with E-state index in [0.717, 1.165) is 0 Å².